The molecule has 0 unspecified atom stereocenters. The molecular weight excluding hydrogens is 284 g/mol. The molecule has 1 aliphatic heterocycles. The Morgan fingerprint density at radius 2 is 1.91 bits per heavy atom. The number of carbonyl (C=O) groups excluding carboxylic acids is 1. The highest BCUT2D eigenvalue weighted by Gasteiger charge is 2.25. The van der Waals surface area contributed by atoms with E-state index in [2.05, 4.69) is 0 Å². The lowest BCUT2D eigenvalue weighted by Gasteiger charge is -2.28. The number of carbonyl (C=O) groups is 2. The third kappa shape index (κ3) is 2.81. The summed E-state index contributed by atoms with van der Waals surface area (Å²) in [4.78, 5) is 24.8. The molecule has 1 aromatic heterocycles. The minimum absolute atomic E-state index is 0.211. The first kappa shape index (κ1) is 14.2. The van der Waals surface area contributed by atoms with Crippen LogP contribution in [0, 0.1) is 0 Å². The highest BCUT2D eigenvalue weighted by Crippen LogP contribution is 2.19. The van der Waals surface area contributed by atoms with Crippen molar-refractivity contribution in [2.45, 2.75) is 19.7 Å². The monoisotopic (exact) mass is 300 g/mol. The van der Waals surface area contributed by atoms with Crippen LogP contribution in [0.5, 0.6) is 0 Å². The zero-order valence-corrected chi connectivity index (χ0v) is 11.9. The highest BCUT2D eigenvalue weighted by molar-refractivity contribution is 5.89. The number of hydrogen-bond donors (Lipinski definition) is 1. The average molecular weight is 300 g/mol. The Labute approximate surface area is 127 Å². The molecule has 0 atom stereocenters. The standard InChI is InChI=1S/C16H16N2O4/c19-15(20)13-6-7-17-8-9-18(10-14(13)17)16(21)22-11-12-4-2-1-3-5-12/h1-7H,8-11H2,(H,19,20). The molecule has 1 N–H and O–H groups in total. The van der Waals surface area contributed by atoms with Gasteiger partial charge in [0.2, 0.25) is 0 Å². The summed E-state index contributed by atoms with van der Waals surface area (Å²) < 4.78 is 7.16. The second-order valence-corrected chi connectivity index (χ2v) is 5.14. The first-order chi connectivity index (χ1) is 10.6. The van der Waals surface area contributed by atoms with Crippen LogP contribution in [0.25, 0.3) is 0 Å². The van der Waals surface area contributed by atoms with Crippen molar-refractivity contribution in [2.24, 2.45) is 0 Å². The van der Waals surface area contributed by atoms with E-state index in [0.717, 1.165) is 5.56 Å². The van der Waals surface area contributed by atoms with Gasteiger partial charge in [-0.25, -0.2) is 9.59 Å². The fourth-order valence-electron chi connectivity index (χ4n) is 2.54. The number of hydrogen-bond acceptors (Lipinski definition) is 3. The average Bonchev–Trinajstić information content (AvgIpc) is 2.96. The molecule has 1 aromatic carbocycles. The van der Waals surface area contributed by atoms with Crippen molar-refractivity contribution in [3.63, 3.8) is 0 Å². The van der Waals surface area contributed by atoms with Gasteiger partial charge >= 0.3 is 12.1 Å². The summed E-state index contributed by atoms with van der Waals surface area (Å²) in [6, 6.07) is 11.0. The van der Waals surface area contributed by atoms with Gasteiger partial charge in [-0.3, -0.25) is 0 Å². The van der Waals surface area contributed by atoms with E-state index in [1.165, 1.54) is 4.90 Å². The van der Waals surface area contributed by atoms with E-state index < -0.39 is 12.1 Å². The number of benzene rings is 1. The van der Waals surface area contributed by atoms with Crippen molar-refractivity contribution >= 4 is 12.1 Å². The van der Waals surface area contributed by atoms with E-state index in [1.54, 1.807) is 12.3 Å². The molecule has 1 aliphatic rings. The molecule has 2 heterocycles. The lowest BCUT2D eigenvalue weighted by atomic mass is 10.2. The van der Waals surface area contributed by atoms with E-state index in [-0.39, 0.29) is 18.7 Å². The number of nitrogens with zero attached hydrogens (tertiary/aromatic N) is 2. The van der Waals surface area contributed by atoms with Crippen LogP contribution in [0.4, 0.5) is 4.79 Å². The predicted molar refractivity (Wildman–Crippen MR) is 78.4 cm³/mol. The molecule has 0 spiro atoms. The van der Waals surface area contributed by atoms with Gasteiger partial charge in [-0.05, 0) is 11.6 Å². The van der Waals surface area contributed by atoms with Crippen molar-refractivity contribution in [1.29, 1.82) is 0 Å². The van der Waals surface area contributed by atoms with Crippen LogP contribution in [0.3, 0.4) is 0 Å². The third-order valence-electron chi connectivity index (χ3n) is 3.72. The molecule has 3 rings (SSSR count). The summed E-state index contributed by atoms with van der Waals surface area (Å²) in [5.41, 5.74) is 1.79. The summed E-state index contributed by atoms with van der Waals surface area (Å²) >= 11 is 0. The van der Waals surface area contributed by atoms with Crippen molar-refractivity contribution < 1.29 is 19.4 Å². The van der Waals surface area contributed by atoms with Crippen LogP contribution in [0.2, 0.25) is 0 Å². The zero-order valence-electron chi connectivity index (χ0n) is 11.9. The normalized spacial score (nSPS) is 13.5. The molecule has 0 bridgehead atoms. The highest BCUT2D eigenvalue weighted by atomic mass is 16.6. The molecule has 22 heavy (non-hydrogen) atoms. The van der Waals surface area contributed by atoms with E-state index in [4.69, 9.17) is 9.84 Å². The quantitative estimate of drug-likeness (QED) is 0.944. The molecule has 1 amide bonds. The predicted octanol–water partition coefficient (Wildman–Crippen LogP) is 2.34. The van der Waals surface area contributed by atoms with E-state index in [9.17, 15) is 9.59 Å². The zero-order chi connectivity index (χ0) is 15.5. The van der Waals surface area contributed by atoms with Crippen LogP contribution in [-0.4, -0.2) is 33.2 Å². The summed E-state index contributed by atoms with van der Waals surface area (Å²) in [5, 5.41) is 9.16. The van der Waals surface area contributed by atoms with Crippen molar-refractivity contribution in [2.75, 3.05) is 6.54 Å². The maximum Gasteiger partial charge on any atom is 0.410 e. The molecule has 0 saturated heterocycles. The molecule has 114 valence electrons. The number of aromatic carboxylic acids is 1. The number of rotatable bonds is 3. The van der Waals surface area contributed by atoms with Crippen LogP contribution >= 0.6 is 0 Å². The summed E-state index contributed by atoms with van der Waals surface area (Å²) in [7, 11) is 0. The van der Waals surface area contributed by atoms with Gasteiger partial charge in [0.25, 0.3) is 0 Å². The number of amides is 1. The van der Waals surface area contributed by atoms with E-state index in [1.807, 2.05) is 34.9 Å². The Morgan fingerprint density at radius 3 is 2.64 bits per heavy atom. The maximum absolute atomic E-state index is 12.1. The molecule has 0 fully saturated rings. The van der Waals surface area contributed by atoms with Gasteiger partial charge in [-0.2, -0.15) is 0 Å². The second-order valence-electron chi connectivity index (χ2n) is 5.14. The number of aromatic nitrogens is 1. The number of fused-ring (bicyclic) bond motifs is 1. The van der Waals surface area contributed by atoms with Gasteiger partial charge in [0, 0.05) is 19.3 Å². The van der Waals surface area contributed by atoms with Gasteiger partial charge in [0.05, 0.1) is 17.8 Å². The van der Waals surface area contributed by atoms with Gasteiger partial charge in [-0.15, -0.1) is 0 Å². The van der Waals surface area contributed by atoms with Crippen LogP contribution in [0.15, 0.2) is 42.6 Å². The summed E-state index contributed by atoms with van der Waals surface area (Å²) in [6.07, 6.45) is 1.32. The van der Waals surface area contributed by atoms with Crippen molar-refractivity contribution in [3.8, 4) is 0 Å². The van der Waals surface area contributed by atoms with E-state index in [0.29, 0.717) is 18.8 Å². The SMILES string of the molecule is O=C(O)c1ccn2c1CN(C(=O)OCc1ccccc1)CC2. The lowest BCUT2D eigenvalue weighted by Crippen LogP contribution is -2.38. The lowest BCUT2D eigenvalue weighted by molar-refractivity contribution is 0.0684. The first-order valence-electron chi connectivity index (χ1n) is 7.02. The minimum atomic E-state index is -0.978. The number of carboxylic acids is 1. The molecule has 6 heteroatoms. The van der Waals surface area contributed by atoms with Crippen LogP contribution in [0.1, 0.15) is 21.6 Å². The number of ether oxygens (including phenoxy) is 1. The maximum atomic E-state index is 12.1. The molecule has 0 aliphatic carbocycles. The molecule has 0 radical (unpaired) electrons. The van der Waals surface area contributed by atoms with Gasteiger partial charge in [0.1, 0.15) is 6.61 Å². The van der Waals surface area contributed by atoms with Gasteiger partial charge in [0.15, 0.2) is 0 Å². The third-order valence-corrected chi connectivity index (χ3v) is 3.72. The smallest absolute Gasteiger partial charge is 0.410 e. The second kappa shape index (κ2) is 5.93. The molecule has 2 aromatic rings. The Bertz CT molecular complexity index is 693. The Balaban J connectivity index is 1.65. The van der Waals surface area contributed by atoms with Gasteiger partial charge in [-0.1, -0.05) is 30.3 Å². The van der Waals surface area contributed by atoms with Crippen molar-refractivity contribution in [1.82, 2.24) is 9.47 Å². The molecular formula is C16H16N2O4. The molecule has 0 saturated carbocycles. The fourth-order valence-corrected chi connectivity index (χ4v) is 2.54. The Kier molecular flexibility index (Phi) is 3.82. The van der Waals surface area contributed by atoms with E-state index >= 15 is 0 Å². The first-order valence-corrected chi connectivity index (χ1v) is 7.02. The summed E-state index contributed by atoms with van der Waals surface area (Å²) in [5.74, 6) is -0.978. The van der Waals surface area contributed by atoms with Crippen molar-refractivity contribution in [3.05, 3.63) is 59.4 Å². The number of carboxylic acid groups (broad SMARTS) is 1. The fraction of sp³-hybridized carbons (Fsp3) is 0.250. The largest absolute Gasteiger partial charge is 0.478 e. The Morgan fingerprint density at radius 1 is 1.14 bits per heavy atom. The minimum Gasteiger partial charge on any atom is -0.478 e. The van der Waals surface area contributed by atoms with Gasteiger partial charge < -0.3 is 19.3 Å². The summed E-state index contributed by atoms with van der Waals surface area (Å²) in [6.45, 7) is 1.54. The Hall–Kier alpha value is -2.76. The molecule has 6 nitrogen and oxygen atoms in total. The topological polar surface area (TPSA) is 71.8 Å². The van der Waals surface area contributed by atoms with Crippen LogP contribution < -0.4 is 0 Å². The van der Waals surface area contributed by atoms with Crippen LogP contribution in [-0.2, 0) is 24.4 Å².